The molecule has 0 saturated heterocycles. The average molecular weight is 376 g/mol. The second-order valence-corrected chi connectivity index (χ2v) is 5.81. The summed E-state index contributed by atoms with van der Waals surface area (Å²) in [5.74, 6) is -3.03. The summed E-state index contributed by atoms with van der Waals surface area (Å²) in [4.78, 5) is 25.3. The maximum atomic E-state index is 14.2. The summed E-state index contributed by atoms with van der Waals surface area (Å²) in [5.41, 5.74) is 1.75. The van der Waals surface area contributed by atoms with Gasteiger partial charge in [0, 0.05) is 38.0 Å². The van der Waals surface area contributed by atoms with Crippen molar-refractivity contribution in [1.82, 2.24) is 10.5 Å². The predicted molar refractivity (Wildman–Crippen MR) is 96.1 cm³/mol. The zero-order valence-electron chi connectivity index (χ0n) is 14.9. The lowest BCUT2D eigenvalue weighted by atomic mass is 10.1. The number of carbonyl (C=O) groups excluding carboxylic acids is 2. The fourth-order valence-corrected chi connectivity index (χ4v) is 2.17. The largest absolute Gasteiger partial charge is 0.378 e. The number of nitrogens with one attached hydrogen (secondary N) is 1. The number of nitrogens with zero attached hydrogens (tertiary/aromatic N) is 3. The van der Waals surface area contributed by atoms with Crippen molar-refractivity contribution in [3.63, 3.8) is 0 Å². The van der Waals surface area contributed by atoms with Gasteiger partial charge in [0.15, 0.2) is 0 Å². The summed E-state index contributed by atoms with van der Waals surface area (Å²) >= 11 is 0. The lowest BCUT2D eigenvalue weighted by molar-refractivity contribution is 0.0705. The lowest BCUT2D eigenvalue weighted by Gasteiger charge is -2.15. The highest BCUT2D eigenvalue weighted by atomic mass is 19.1. The van der Waals surface area contributed by atoms with Crippen molar-refractivity contribution in [2.45, 2.75) is 0 Å². The highest BCUT2D eigenvalue weighted by molar-refractivity contribution is 5.96. The Bertz CT molecular complexity index is 900. The van der Waals surface area contributed by atoms with Crippen molar-refractivity contribution < 1.29 is 23.6 Å². The molecule has 2 aromatic rings. The minimum Gasteiger partial charge on any atom is -0.378 e. The Hall–Kier alpha value is -3.33. The Labute approximate surface area is 154 Å². The van der Waals surface area contributed by atoms with Crippen molar-refractivity contribution in [2.24, 2.45) is 5.10 Å². The number of carbonyl (C=O) groups is 2. The number of amides is 2. The van der Waals surface area contributed by atoms with Crippen LogP contribution in [-0.2, 0) is 0 Å². The lowest BCUT2D eigenvalue weighted by Crippen LogP contribution is -2.23. The van der Waals surface area contributed by atoms with Crippen LogP contribution in [0.2, 0.25) is 0 Å². The Kier molecular flexibility index (Phi) is 6.19. The molecular formula is C18H18F2N4O3. The van der Waals surface area contributed by atoms with Crippen LogP contribution in [0.4, 0.5) is 14.5 Å². The summed E-state index contributed by atoms with van der Waals surface area (Å²) in [5, 5.41) is 13.2. The van der Waals surface area contributed by atoms with Crippen LogP contribution in [-0.4, -0.2) is 49.4 Å². The Morgan fingerprint density at radius 3 is 2.33 bits per heavy atom. The first-order valence-electron chi connectivity index (χ1n) is 7.77. The Morgan fingerprint density at radius 1 is 1.07 bits per heavy atom. The molecule has 9 heteroatoms. The predicted octanol–water partition coefficient (Wildman–Crippen LogP) is 2.26. The molecule has 0 aliphatic heterocycles. The van der Waals surface area contributed by atoms with Crippen LogP contribution in [0.1, 0.15) is 26.3 Å². The van der Waals surface area contributed by atoms with Crippen molar-refractivity contribution in [3.8, 4) is 0 Å². The number of hydrogen-bond acceptors (Lipinski definition) is 5. The fourth-order valence-electron chi connectivity index (χ4n) is 2.17. The minimum atomic E-state index is -0.860. The van der Waals surface area contributed by atoms with E-state index in [2.05, 4.69) is 5.10 Å². The van der Waals surface area contributed by atoms with Gasteiger partial charge in [-0.1, -0.05) is 0 Å². The molecule has 0 heterocycles. The summed E-state index contributed by atoms with van der Waals surface area (Å²) in [6.07, 6.45) is 1.07. The second-order valence-electron chi connectivity index (χ2n) is 5.81. The molecule has 0 atom stereocenters. The van der Waals surface area contributed by atoms with E-state index in [0.29, 0.717) is 5.69 Å². The molecule has 27 heavy (non-hydrogen) atoms. The molecule has 0 aliphatic carbocycles. The third kappa shape index (κ3) is 4.64. The van der Waals surface area contributed by atoms with E-state index < -0.39 is 23.4 Å². The van der Waals surface area contributed by atoms with E-state index in [9.17, 15) is 18.4 Å². The van der Waals surface area contributed by atoms with Crippen LogP contribution in [0.25, 0.3) is 0 Å². The third-order valence-corrected chi connectivity index (χ3v) is 3.73. The summed E-state index contributed by atoms with van der Waals surface area (Å²) < 4.78 is 28.1. The number of hydrogen-bond donors (Lipinski definition) is 2. The van der Waals surface area contributed by atoms with Gasteiger partial charge in [-0.05, 0) is 36.4 Å². The van der Waals surface area contributed by atoms with E-state index in [4.69, 9.17) is 5.21 Å². The zero-order chi connectivity index (χ0) is 20.1. The molecule has 2 aromatic carbocycles. The molecule has 0 saturated carbocycles. The van der Waals surface area contributed by atoms with E-state index in [1.54, 1.807) is 25.1 Å². The van der Waals surface area contributed by atoms with Crippen LogP contribution in [0.3, 0.4) is 0 Å². The van der Waals surface area contributed by atoms with E-state index in [1.165, 1.54) is 36.8 Å². The van der Waals surface area contributed by atoms with Crippen LogP contribution >= 0.6 is 0 Å². The first-order valence-corrected chi connectivity index (χ1v) is 7.77. The molecule has 0 unspecified atom stereocenters. The van der Waals surface area contributed by atoms with Gasteiger partial charge in [0.2, 0.25) is 0 Å². The molecule has 2 N–H and O–H groups in total. The van der Waals surface area contributed by atoms with Crippen LogP contribution in [0, 0.1) is 11.6 Å². The highest BCUT2D eigenvalue weighted by Gasteiger charge is 2.17. The van der Waals surface area contributed by atoms with Gasteiger partial charge in [-0.2, -0.15) is 5.10 Å². The van der Waals surface area contributed by atoms with Gasteiger partial charge in [0.05, 0.1) is 11.8 Å². The molecule has 2 amide bonds. The topological polar surface area (TPSA) is 85.2 Å². The normalized spacial score (nSPS) is 10.7. The number of benzene rings is 2. The maximum absolute atomic E-state index is 14.2. The molecule has 0 aliphatic rings. The van der Waals surface area contributed by atoms with Crippen LogP contribution < -0.4 is 10.4 Å². The maximum Gasteiger partial charge on any atom is 0.276 e. The summed E-state index contributed by atoms with van der Waals surface area (Å²) in [7, 11) is 4.80. The molecule has 0 aromatic heterocycles. The summed E-state index contributed by atoms with van der Waals surface area (Å²) in [6.45, 7) is 0. The minimum absolute atomic E-state index is 0.00701. The van der Waals surface area contributed by atoms with Gasteiger partial charge in [-0.3, -0.25) is 14.8 Å². The molecule has 0 fully saturated rings. The van der Waals surface area contributed by atoms with Gasteiger partial charge >= 0.3 is 0 Å². The van der Waals surface area contributed by atoms with Gasteiger partial charge in [0.25, 0.3) is 11.8 Å². The van der Waals surface area contributed by atoms with Gasteiger partial charge in [-0.15, -0.1) is 0 Å². The molecular weight excluding hydrogens is 358 g/mol. The Balaban J connectivity index is 2.18. The average Bonchev–Trinajstić information content (AvgIpc) is 2.65. The van der Waals surface area contributed by atoms with Crippen molar-refractivity contribution in [2.75, 3.05) is 26.0 Å². The summed E-state index contributed by atoms with van der Waals surface area (Å²) in [6, 6.07) is 7.62. The van der Waals surface area contributed by atoms with Crippen molar-refractivity contribution in [3.05, 3.63) is 64.7 Å². The quantitative estimate of drug-likeness (QED) is 0.476. The molecule has 0 bridgehead atoms. The molecule has 7 nitrogen and oxygen atoms in total. The second kappa shape index (κ2) is 8.37. The number of rotatable bonds is 5. The van der Waals surface area contributed by atoms with E-state index in [-0.39, 0.29) is 16.7 Å². The zero-order valence-corrected chi connectivity index (χ0v) is 14.9. The van der Waals surface area contributed by atoms with Gasteiger partial charge in [-0.25, -0.2) is 19.3 Å². The standard InChI is InChI=1S/C18H18F2N4O3/c1-23(2)13-6-7-14(16(20)9-13)18(26)24(3)21-10-12-5-4-11(8-15(12)19)17(25)22-27/h4-10,27H,1-3H3,(H,22,25)/b21-10+. The van der Waals surface area contributed by atoms with Gasteiger partial charge < -0.3 is 4.90 Å². The SMILES string of the molecule is CN(/N=C/c1ccc(C(=O)NO)cc1F)C(=O)c1ccc(N(C)C)cc1F. The van der Waals surface area contributed by atoms with Crippen LogP contribution in [0.5, 0.6) is 0 Å². The van der Waals surface area contributed by atoms with E-state index in [1.807, 2.05) is 0 Å². The van der Waals surface area contributed by atoms with Crippen molar-refractivity contribution in [1.29, 1.82) is 0 Å². The smallest absolute Gasteiger partial charge is 0.276 e. The third-order valence-electron chi connectivity index (χ3n) is 3.73. The monoisotopic (exact) mass is 376 g/mol. The first-order chi connectivity index (χ1) is 12.7. The fraction of sp³-hybridized carbons (Fsp3) is 0.167. The number of halogens is 2. The molecule has 2 rings (SSSR count). The molecule has 0 radical (unpaired) electrons. The number of hydrazone groups is 1. The van der Waals surface area contributed by atoms with Gasteiger partial charge in [0.1, 0.15) is 11.6 Å². The Morgan fingerprint density at radius 2 is 1.78 bits per heavy atom. The molecule has 0 spiro atoms. The van der Waals surface area contributed by atoms with Crippen molar-refractivity contribution >= 4 is 23.7 Å². The van der Waals surface area contributed by atoms with Crippen LogP contribution in [0.15, 0.2) is 41.5 Å². The number of anilines is 1. The molecule has 142 valence electrons. The first kappa shape index (κ1) is 20.0. The number of hydroxylamine groups is 1. The van der Waals surface area contributed by atoms with E-state index in [0.717, 1.165) is 17.3 Å². The van der Waals surface area contributed by atoms with E-state index >= 15 is 0 Å². The highest BCUT2D eigenvalue weighted by Crippen LogP contribution is 2.18.